The Bertz CT molecular complexity index is 482. The van der Waals surface area contributed by atoms with Gasteiger partial charge in [-0.05, 0) is 66.1 Å². The molecule has 1 amide bonds. The Hall–Kier alpha value is -1.34. The number of unbranched alkanes of at least 4 members (excludes halogenated alkanes) is 2. The van der Waals surface area contributed by atoms with Gasteiger partial charge in [-0.3, -0.25) is 14.7 Å². The number of nitrogens with zero attached hydrogens (tertiary/aromatic N) is 4. The van der Waals surface area contributed by atoms with Crippen molar-refractivity contribution in [3.63, 3.8) is 0 Å². The molecule has 0 radical (unpaired) electrons. The van der Waals surface area contributed by atoms with Crippen LogP contribution in [-0.2, 0) is 4.79 Å². The zero-order valence-corrected chi connectivity index (χ0v) is 19.1. The quantitative estimate of drug-likeness (QED) is 0.328. The number of carbonyl (C=O) groups is 1. The van der Waals surface area contributed by atoms with Crippen molar-refractivity contribution in [1.29, 1.82) is 0 Å². The van der Waals surface area contributed by atoms with Crippen molar-refractivity contribution in [2.24, 2.45) is 4.99 Å². The van der Waals surface area contributed by atoms with Gasteiger partial charge in [0, 0.05) is 45.3 Å². The summed E-state index contributed by atoms with van der Waals surface area (Å²) in [5.41, 5.74) is 0. The van der Waals surface area contributed by atoms with Crippen molar-refractivity contribution in [1.82, 2.24) is 25.3 Å². The fourth-order valence-corrected chi connectivity index (χ4v) is 4.11. The van der Waals surface area contributed by atoms with Gasteiger partial charge < -0.3 is 20.4 Å². The van der Waals surface area contributed by atoms with E-state index >= 15 is 0 Å². The van der Waals surface area contributed by atoms with E-state index in [4.69, 9.17) is 4.99 Å². The molecule has 2 aliphatic heterocycles. The van der Waals surface area contributed by atoms with Crippen molar-refractivity contribution in [2.45, 2.75) is 65.3 Å². The molecule has 0 aromatic rings. The third kappa shape index (κ3) is 9.81. The average molecular weight is 409 g/mol. The highest BCUT2D eigenvalue weighted by Gasteiger charge is 2.21. The molecule has 2 N–H and O–H groups in total. The zero-order chi connectivity index (χ0) is 20.9. The van der Waals surface area contributed by atoms with Gasteiger partial charge in [-0.2, -0.15) is 0 Å². The number of hydrogen-bond acceptors (Lipinski definition) is 4. The number of likely N-dealkylation sites (tertiary alicyclic amines) is 1. The van der Waals surface area contributed by atoms with Crippen molar-refractivity contribution < 1.29 is 4.79 Å². The van der Waals surface area contributed by atoms with Gasteiger partial charge in [-0.25, -0.2) is 0 Å². The number of hydrogen-bond donors (Lipinski definition) is 2. The number of piperidine rings is 1. The molecular weight excluding hydrogens is 364 g/mol. The third-order valence-electron chi connectivity index (χ3n) is 5.67. The maximum atomic E-state index is 12.0. The van der Waals surface area contributed by atoms with E-state index < -0.39 is 0 Å². The number of guanidine groups is 1. The molecule has 0 aromatic carbocycles. The fourth-order valence-electron chi connectivity index (χ4n) is 4.11. The Balaban J connectivity index is 1.64. The second kappa shape index (κ2) is 13.8. The van der Waals surface area contributed by atoms with Gasteiger partial charge in [0.25, 0.3) is 0 Å². The van der Waals surface area contributed by atoms with E-state index in [2.05, 4.69) is 32.3 Å². The molecule has 0 atom stereocenters. The van der Waals surface area contributed by atoms with Crippen LogP contribution in [0.25, 0.3) is 0 Å². The SMILES string of the molecule is CCNC(=NCCCCCN1CCCCC1)N1CCN(CC(=O)NC(C)C)CC1. The lowest BCUT2D eigenvalue weighted by Crippen LogP contribution is -2.54. The molecule has 7 heteroatoms. The van der Waals surface area contributed by atoms with E-state index in [9.17, 15) is 4.79 Å². The molecule has 29 heavy (non-hydrogen) atoms. The first-order chi connectivity index (χ1) is 14.1. The molecule has 0 spiro atoms. The number of piperazine rings is 1. The van der Waals surface area contributed by atoms with E-state index in [-0.39, 0.29) is 11.9 Å². The summed E-state index contributed by atoms with van der Waals surface area (Å²) < 4.78 is 0. The van der Waals surface area contributed by atoms with Gasteiger partial charge in [0.2, 0.25) is 5.91 Å². The monoisotopic (exact) mass is 408 g/mol. The van der Waals surface area contributed by atoms with Crippen LogP contribution in [0.1, 0.15) is 59.3 Å². The molecule has 2 saturated heterocycles. The Labute approximate surface area is 178 Å². The highest BCUT2D eigenvalue weighted by Crippen LogP contribution is 2.10. The van der Waals surface area contributed by atoms with Crippen molar-refractivity contribution in [3.8, 4) is 0 Å². The minimum absolute atomic E-state index is 0.124. The van der Waals surface area contributed by atoms with Crippen molar-refractivity contribution in [2.75, 3.05) is 65.4 Å². The van der Waals surface area contributed by atoms with Crippen LogP contribution in [0.3, 0.4) is 0 Å². The largest absolute Gasteiger partial charge is 0.357 e. The summed E-state index contributed by atoms with van der Waals surface area (Å²) in [6.45, 7) is 16.0. The van der Waals surface area contributed by atoms with Crippen LogP contribution in [0.2, 0.25) is 0 Å². The first-order valence-corrected chi connectivity index (χ1v) is 11.9. The van der Waals surface area contributed by atoms with E-state index in [0.717, 1.165) is 51.6 Å². The lowest BCUT2D eigenvalue weighted by atomic mass is 10.1. The molecule has 168 valence electrons. The van der Waals surface area contributed by atoms with Crippen LogP contribution >= 0.6 is 0 Å². The highest BCUT2D eigenvalue weighted by atomic mass is 16.2. The van der Waals surface area contributed by atoms with Crippen LogP contribution in [0.5, 0.6) is 0 Å². The Morgan fingerprint density at radius 3 is 2.31 bits per heavy atom. The van der Waals surface area contributed by atoms with Gasteiger partial charge in [0.15, 0.2) is 5.96 Å². The summed E-state index contributed by atoms with van der Waals surface area (Å²) in [7, 11) is 0. The van der Waals surface area contributed by atoms with Crippen molar-refractivity contribution >= 4 is 11.9 Å². The van der Waals surface area contributed by atoms with E-state index in [0.29, 0.717) is 6.54 Å². The molecule has 0 saturated carbocycles. The maximum absolute atomic E-state index is 12.0. The standard InChI is InChI=1S/C22H44N6O/c1-4-23-22(24-11-7-5-8-12-26-13-9-6-10-14-26)28-17-15-27(16-18-28)19-21(29)25-20(2)3/h20H,4-19H2,1-3H3,(H,23,24)(H,25,29). The molecular formula is C22H44N6O. The number of aliphatic imine (C=N–C) groups is 1. The molecule has 0 aromatic heterocycles. The lowest BCUT2D eigenvalue weighted by molar-refractivity contribution is -0.123. The summed E-state index contributed by atoms with van der Waals surface area (Å²) in [5.74, 6) is 1.16. The third-order valence-corrected chi connectivity index (χ3v) is 5.67. The predicted molar refractivity (Wildman–Crippen MR) is 121 cm³/mol. The molecule has 2 aliphatic rings. The number of rotatable bonds is 10. The summed E-state index contributed by atoms with van der Waals surface area (Å²) in [4.78, 5) is 24.0. The van der Waals surface area contributed by atoms with Gasteiger partial charge in [0.05, 0.1) is 6.54 Å². The van der Waals surface area contributed by atoms with Gasteiger partial charge >= 0.3 is 0 Å². The van der Waals surface area contributed by atoms with Crippen LogP contribution in [0.4, 0.5) is 0 Å². The van der Waals surface area contributed by atoms with Crippen LogP contribution in [-0.4, -0.2) is 98.1 Å². The Morgan fingerprint density at radius 1 is 0.931 bits per heavy atom. The first kappa shape index (κ1) is 23.9. The van der Waals surface area contributed by atoms with E-state index in [1.807, 2.05) is 13.8 Å². The second-order valence-electron chi connectivity index (χ2n) is 8.68. The summed E-state index contributed by atoms with van der Waals surface area (Å²) >= 11 is 0. The Morgan fingerprint density at radius 2 is 1.66 bits per heavy atom. The molecule has 7 nitrogen and oxygen atoms in total. The smallest absolute Gasteiger partial charge is 0.234 e. The summed E-state index contributed by atoms with van der Waals surface area (Å²) in [5, 5.41) is 6.42. The highest BCUT2D eigenvalue weighted by molar-refractivity contribution is 5.80. The first-order valence-electron chi connectivity index (χ1n) is 11.9. The molecule has 0 unspecified atom stereocenters. The van der Waals surface area contributed by atoms with Crippen LogP contribution < -0.4 is 10.6 Å². The van der Waals surface area contributed by atoms with Crippen LogP contribution in [0, 0.1) is 0 Å². The lowest BCUT2D eigenvalue weighted by Gasteiger charge is -2.36. The normalized spacial score (nSPS) is 19.6. The summed E-state index contributed by atoms with van der Waals surface area (Å²) in [6.07, 6.45) is 7.90. The van der Waals surface area contributed by atoms with Gasteiger partial charge in [-0.1, -0.05) is 12.8 Å². The topological polar surface area (TPSA) is 63.2 Å². The molecule has 0 bridgehead atoms. The average Bonchev–Trinajstić information content (AvgIpc) is 2.70. The fraction of sp³-hybridized carbons (Fsp3) is 0.909. The molecule has 0 aliphatic carbocycles. The van der Waals surface area contributed by atoms with E-state index in [1.54, 1.807) is 0 Å². The molecule has 2 fully saturated rings. The number of carbonyl (C=O) groups excluding carboxylic acids is 1. The van der Waals surface area contributed by atoms with Crippen LogP contribution in [0.15, 0.2) is 4.99 Å². The zero-order valence-electron chi connectivity index (χ0n) is 19.1. The molecule has 2 rings (SSSR count). The minimum Gasteiger partial charge on any atom is -0.357 e. The minimum atomic E-state index is 0.124. The second-order valence-corrected chi connectivity index (χ2v) is 8.68. The Kier molecular flexibility index (Phi) is 11.4. The van der Waals surface area contributed by atoms with Gasteiger partial charge in [0.1, 0.15) is 0 Å². The van der Waals surface area contributed by atoms with E-state index in [1.165, 1.54) is 51.7 Å². The van der Waals surface area contributed by atoms with Gasteiger partial charge in [-0.15, -0.1) is 0 Å². The van der Waals surface area contributed by atoms with Crippen molar-refractivity contribution in [3.05, 3.63) is 0 Å². The molecule has 2 heterocycles. The summed E-state index contributed by atoms with van der Waals surface area (Å²) in [6, 6.07) is 0.205. The predicted octanol–water partition coefficient (Wildman–Crippen LogP) is 1.75. The maximum Gasteiger partial charge on any atom is 0.234 e. The number of amides is 1. The number of nitrogens with one attached hydrogen (secondary N) is 2.